The first kappa shape index (κ1) is 18.2. The quantitative estimate of drug-likeness (QED) is 0.446. The van der Waals surface area contributed by atoms with Gasteiger partial charge in [-0.3, -0.25) is 0 Å². The summed E-state index contributed by atoms with van der Waals surface area (Å²) in [6.45, 7) is 4.18. The number of fused-ring (bicyclic) bond motifs is 2. The normalized spacial score (nSPS) is 27.0. The van der Waals surface area contributed by atoms with Crippen LogP contribution in [0.5, 0.6) is 0 Å². The van der Waals surface area contributed by atoms with Gasteiger partial charge in [-0.05, 0) is 36.1 Å². The minimum absolute atomic E-state index is 0. The summed E-state index contributed by atoms with van der Waals surface area (Å²) in [5.74, 6) is 0. The summed E-state index contributed by atoms with van der Waals surface area (Å²) >= 11 is 13.8. The van der Waals surface area contributed by atoms with Gasteiger partial charge < -0.3 is 0 Å². The predicted octanol–water partition coefficient (Wildman–Crippen LogP) is 5.71. The minimum atomic E-state index is -0.447. The van der Waals surface area contributed by atoms with Crippen LogP contribution in [-0.4, -0.2) is 9.52 Å². The van der Waals surface area contributed by atoms with Gasteiger partial charge in [0.05, 0.1) is 9.75 Å². The minimum Gasteiger partial charge on any atom is -0.110 e. The maximum atomic E-state index is 6.92. The molecule has 0 amide bonds. The number of halogens is 2. The summed E-state index contributed by atoms with van der Waals surface area (Å²) in [5, 5.41) is 2.48. The zero-order valence-electron chi connectivity index (χ0n) is 13.5. The van der Waals surface area contributed by atoms with Crippen molar-refractivity contribution in [2.75, 3.05) is 0 Å². The van der Waals surface area contributed by atoms with E-state index in [4.69, 9.17) is 23.2 Å². The van der Waals surface area contributed by atoms with Crippen molar-refractivity contribution in [1.29, 1.82) is 0 Å². The molecule has 2 unspecified atom stereocenters. The summed E-state index contributed by atoms with van der Waals surface area (Å²) in [5.41, 5.74) is 4.83. The van der Waals surface area contributed by atoms with E-state index in [1.54, 1.807) is 0 Å². The van der Waals surface area contributed by atoms with Crippen molar-refractivity contribution in [1.82, 2.24) is 0 Å². The van der Waals surface area contributed by atoms with Gasteiger partial charge in [-0.1, -0.05) is 71.1 Å². The van der Waals surface area contributed by atoms with Gasteiger partial charge in [0.25, 0.3) is 0 Å². The third-order valence-corrected chi connectivity index (χ3v) is 7.77. The number of allylic oxidation sites excluding steroid dienone is 2. The summed E-state index contributed by atoms with van der Waals surface area (Å²) in [6, 6.07) is 16.7. The fourth-order valence-corrected chi connectivity index (χ4v) is 5.65. The molecule has 0 spiro atoms. The Balaban J connectivity index is 0.00000169. The second kappa shape index (κ2) is 6.30. The molecule has 4 rings (SSSR count). The molecule has 0 saturated heterocycles. The zero-order valence-corrected chi connectivity index (χ0v) is 17.6. The third-order valence-electron chi connectivity index (χ3n) is 4.81. The number of hydrogen-bond acceptors (Lipinski definition) is 0. The van der Waals surface area contributed by atoms with E-state index >= 15 is 0 Å². The van der Waals surface area contributed by atoms with E-state index in [2.05, 4.69) is 74.5 Å². The van der Waals surface area contributed by atoms with E-state index in [0.29, 0.717) is 9.52 Å². The second-order valence-electron chi connectivity index (χ2n) is 6.42. The number of benzene rings is 2. The molecule has 2 aromatic carbocycles. The standard InChI is InChI=1S/C20H16Cl2Si.Ti/c1-19(21)15-9-5-3-7-13(15)11-17(19)23-18-12-14-8-4-6-10-16(14)20(18,2)22;/h3-12H,1-2H3;. The first-order valence-electron chi connectivity index (χ1n) is 7.69. The summed E-state index contributed by atoms with van der Waals surface area (Å²) in [4.78, 5) is -0.894. The molecular weight excluding hydrogens is 387 g/mol. The van der Waals surface area contributed by atoms with E-state index in [1.165, 1.54) is 32.6 Å². The van der Waals surface area contributed by atoms with Crippen LogP contribution in [0.4, 0.5) is 0 Å². The van der Waals surface area contributed by atoms with Crippen LogP contribution < -0.4 is 0 Å². The van der Waals surface area contributed by atoms with Gasteiger partial charge in [0.1, 0.15) is 9.52 Å². The average Bonchev–Trinajstić information content (AvgIpc) is 2.92. The molecule has 2 radical (unpaired) electrons. The molecule has 0 saturated carbocycles. The predicted molar refractivity (Wildman–Crippen MR) is 101 cm³/mol. The first-order valence-corrected chi connectivity index (χ1v) is 9.44. The van der Waals surface area contributed by atoms with Crippen molar-refractivity contribution in [3.63, 3.8) is 0 Å². The molecule has 2 aromatic rings. The van der Waals surface area contributed by atoms with Crippen molar-refractivity contribution in [3.05, 3.63) is 81.2 Å². The molecule has 0 aromatic heterocycles. The van der Waals surface area contributed by atoms with E-state index in [9.17, 15) is 0 Å². The Morgan fingerprint density at radius 2 is 1.08 bits per heavy atom. The van der Waals surface area contributed by atoms with Gasteiger partial charge in [0.2, 0.25) is 0 Å². The Hall–Kier alpha value is -0.569. The molecule has 24 heavy (non-hydrogen) atoms. The van der Waals surface area contributed by atoms with Crippen molar-refractivity contribution in [2.45, 2.75) is 23.6 Å². The molecule has 118 valence electrons. The Morgan fingerprint density at radius 1 is 0.708 bits per heavy atom. The molecule has 2 atom stereocenters. The van der Waals surface area contributed by atoms with Crippen LogP contribution in [0.15, 0.2) is 58.9 Å². The summed E-state index contributed by atoms with van der Waals surface area (Å²) < 4.78 is 0. The molecule has 2 aliphatic carbocycles. The fraction of sp³-hybridized carbons (Fsp3) is 0.200. The van der Waals surface area contributed by atoms with Crippen molar-refractivity contribution >= 4 is 44.9 Å². The van der Waals surface area contributed by atoms with Gasteiger partial charge in [-0.2, -0.15) is 0 Å². The van der Waals surface area contributed by atoms with E-state index in [-0.39, 0.29) is 21.7 Å². The second-order valence-corrected chi connectivity index (χ2v) is 9.26. The molecule has 0 heterocycles. The topological polar surface area (TPSA) is 0 Å². The van der Waals surface area contributed by atoms with Gasteiger partial charge in [-0.25, -0.2) is 0 Å². The van der Waals surface area contributed by atoms with Crippen LogP contribution in [0.3, 0.4) is 0 Å². The smallest absolute Gasteiger partial charge is 0.110 e. The van der Waals surface area contributed by atoms with Crippen molar-refractivity contribution in [3.8, 4) is 0 Å². The van der Waals surface area contributed by atoms with E-state index in [0.717, 1.165) is 0 Å². The maximum absolute atomic E-state index is 6.92. The number of alkyl halides is 2. The van der Waals surface area contributed by atoms with E-state index < -0.39 is 9.75 Å². The molecule has 0 fully saturated rings. The molecule has 0 N–H and O–H groups in total. The van der Waals surface area contributed by atoms with E-state index in [1.807, 2.05) is 0 Å². The van der Waals surface area contributed by atoms with Crippen LogP contribution in [0.25, 0.3) is 12.2 Å². The van der Waals surface area contributed by atoms with Gasteiger partial charge >= 0.3 is 0 Å². The Morgan fingerprint density at radius 3 is 1.46 bits per heavy atom. The maximum Gasteiger partial charge on any atom is 0.115 e. The Bertz CT molecular complexity index is 794. The summed E-state index contributed by atoms with van der Waals surface area (Å²) in [7, 11) is 0.493. The van der Waals surface area contributed by atoms with Crippen LogP contribution in [0.1, 0.15) is 36.1 Å². The molecule has 2 aliphatic rings. The molecule has 4 heteroatoms. The van der Waals surface area contributed by atoms with Gasteiger partial charge in [-0.15, -0.1) is 23.2 Å². The third kappa shape index (κ3) is 2.71. The number of hydrogen-bond donors (Lipinski definition) is 0. The van der Waals surface area contributed by atoms with Crippen LogP contribution in [-0.2, 0) is 31.5 Å². The molecule has 0 aliphatic heterocycles. The first-order chi connectivity index (χ1) is 10.9. The average molecular weight is 403 g/mol. The fourth-order valence-electron chi connectivity index (χ4n) is 3.43. The van der Waals surface area contributed by atoms with Gasteiger partial charge in [0.15, 0.2) is 0 Å². The van der Waals surface area contributed by atoms with Crippen molar-refractivity contribution in [2.24, 2.45) is 0 Å². The van der Waals surface area contributed by atoms with Crippen LogP contribution >= 0.6 is 23.2 Å². The Labute approximate surface area is 170 Å². The molecule has 0 nitrogen and oxygen atoms in total. The van der Waals surface area contributed by atoms with Crippen LogP contribution in [0.2, 0.25) is 0 Å². The zero-order chi connectivity index (χ0) is 16.2. The van der Waals surface area contributed by atoms with Crippen LogP contribution in [0, 0.1) is 0 Å². The number of rotatable bonds is 2. The summed E-state index contributed by atoms with van der Waals surface area (Å²) in [6.07, 6.45) is 4.47. The molecule has 0 bridgehead atoms. The largest absolute Gasteiger partial charge is 0.115 e. The van der Waals surface area contributed by atoms with Crippen molar-refractivity contribution < 1.29 is 21.7 Å². The SMILES string of the molecule is CC1(Cl)C([Si]C2=Cc3ccccc3C2(C)Cl)=Cc2ccccc21.[Ti]. The monoisotopic (exact) mass is 402 g/mol. The Kier molecular flexibility index (Phi) is 4.79. The molecular formula is C20H16Cl2SiTi. The van der Waals surface area contributed by atoms with Gasteiger partial charge in [0, 0.05) is 21.7 Å².